The van der Waals surface area contributed by atoms with Gasteiger partial charge in [-0.05, 0) is 25.1 Å². The van der Waals surface area contributed by atoms with Gasteiger partial charge < -0.3 is 9.16 Å². The smallest absolute Gasteiger partial charge is 0.329 e. The largest absolute Gasteiger partial charge is 0.463 e. The number of esters is 1. The second-order valence-corrected chi connectivity index (χ2v) is 15.2. The SMILES string of the molecule is C#C[C@]1(COC(C)=O)S[C@@H](n2cc(C)c(=O)[nH]c2=O)C[C@@H]1O[Si](C)(C)C(C)(C)C. The molecule has 3 atom stereocenters. The van der Waals surface area contributed by atoms with E-state index in [9.17, 15) is 14.4 Å². The number of terminal acetylenes is 1. The molecular weight excluding hydrogens is 408 g/mol. The van der Waals surface area contributed by atoms with E-state index in [4.69, 9.17) is 15.6 Å². The first-order chi connectivity index (χ1) is 13.2. The fraction of sp³-hybridized carbons (Fsp3) is 0.650. The van der Waals surface area contributed by atoms with E-state index in [2.05, 4.69) is 44.8 Å². The maximum absolute atomic E-state index is 12.4. The van der Waals surface area contributed by atoms with Crippen LogP contribution in [0.4, 0.5) is 0 Å². The Hall–Kier alpha value is -1.76. The van der Waals surface area contributed by atoms with Crippen molar-refractivity contribution in [2.24, 2.45) is 0 Å². The molecule has 0 aromatic carbocycles. The zero-order chi connectivity index (χ0) is 22.2. The van der Waals surface area contributed by atoms with Gasteiger partial charge in [0.1, 0.15) is 11.4 Å². The van der Waals surface area contributed by atoms with E-state index < -0.39 is 36.4 Å². The zero-order valence-electron chi connectivity index (χ0n) is 18.1. The van der Waals surface area contributed by atoms with Crippen molar-refractivity contribution in [2.45, 2.75) is 75.4 Å². The van der Waals surface area contributed by atoms with Crippen LogP contribution in [-0.2, 0) is 14.0 Å². The number of nitrogens with zero attached hydrogens (tertiary/aromatic N) is 1. The topological polar surface area (TPSA) is 90.4 Å². The van der Waals surface area contributed by atoms with E-state index in [0.717, 1.165) is 0 Å². The number of rotatable bonds is 5. The number of carbonyl (C=O) groups is 1. The number of H-pyrrole nitrogens is 1. The van der Waals surface area contributed by atoms with Crippen LogP contribution in [0.1, 0.15) is 45.1 Å². The van der Waals surface area contributed by atoms with Crippen LogP contribution in [0.2, 0.25) is 18.1 Å². The lowest BCUT2D eigenvalue weighted by atomic mass is 10.0. The molecule has 0 saturated carbocycles. The molecule has 160 valence electrons. The number of nitrogens with one attached hydrogen (secondary N) is 1. The van der Waals surface area contributed by atoms with E-state index in [-0.39, 0.29) is 17.0 Å². The highest BCUT2D eigenvalue weighted by Crippen LogP contribution is 2.52. The standard InChI is InChI=1S/C20H30N2O5SSi/c1-9-20(12-26-14(3)23)15(27-29(7,8)19(4,5)6)10-16(28-20)22-11-13(2)17(24)21-18(22)25/h1,11,15-16H,10,12H2,2-8H3,(H,21,24,25)/t15-,16+,20+/m0/s1. The highest BCUT2D eigenvalue weighted by atomic mass is 32.2. The van der Waals surface area contributed by atoms with Crippen LogP contribution in [0.5, 0.6) is 0 Å². The summed E-state index contributed by atoms with van der Waals surface area (Å²) in [4.78, 5) is 38.0. The third kappa shape index (κ3) is 4.87. The van der Waals surface area contributed by atoms with Gasteiger partial charge in [0.15, 0.2) is 8.32 Å². The van der Waals surface area contributed by atoms with Gasteiger partial charge in [-0.2, -0.15) is 0 Å². The van der Waals surface area contributed by atoms with Gasteiger partial charge in [0.05, 0.1) is 11.5 Å². The van der Waals surface area contributed by atoms with Crippen molar-refractivity contribution in [1.29, 1.82) is 0 Å². The molecule has 1 aromatic heterocycles. The molecule has 0 aliphatic carbocycles. The predicted octanol–water partition coefficient (Wildman–Crippen LogP) is 2.81. The van der Waals surface area contributed by atoms with Gasteiger partial charge >= 0.3 is 11.7 Å². The van der Waals surface area contributed by atoms with Gasteiger partial charge in [-0.15, -0.1) is 18.2 Å². The minimum Gasteiger partial charge on any atom is -0.463 e. The number of aromatic nitrogens is 2. The third-order valence-electron chi connectivity index (χ3n) is 5.72. The first-order valence-corrected chi connectivity index (χ1v) is 13.3. The fourth-order valence-corrected chi connectivity index (χ4v) is 5.86. The maximum Gasteiger partial charge on any atom is 0.329 e. The quantitative estimate of drug-likeness (QED) is 0.432. The van der Waals surface area contributed by atoms with Crippen LogP contribution in [0.15, 0.2) is 15.8 Å². The molecule has 1 N–H and O–H groups in total. The number of hydrogen-bond acceptors (Lipinski definition) is 6. The maximum atomic E-state index is 12.4. The Bertz CT molecular complexity index is 940. The van der Waals surface area contributed by atoms with Crippen LogP contribution in [0, 0.1) is 19.3 Å². The first-order valence-electron chi connectivity index (χ1n) is 9.51. The first kappa shape index (κ1) is 23.5. The van der Waals surface area contributed by atoms with Crippen LogP contribution >= 0.6 is 11.8 Å². The van der Waals surface area contributed by atoms with Crippen molar-refractivity contribution in [1.82, 2.24) is 9.55 Å². The molecule has 0 unspecified atom stereocenters. The van der Waals surface area contributed by atoms with Crippen molar-refractivity contribution in [3.8, 4) is 12.3 Å². The summed E-state index contributed by atoms with van der Waals surface area (Å²) >= 11 is 1.37. The number of hydrogen-bond donors (Lipinski definition) is 1. The van der Waals surface area contributed by atoms with Gasteiger partial charge in [0, 0.05) is 25.1 Å². The monoisotopic (exact) mass is 438 g/mol. The van der Waals surface area contributed by atoms with Crippen molar-refractivity contribution in [3.63, 3.8) is 0 Å². The zero-order valence-corrected chi connectivity index (χ0v) is 19.9. The van der Waals surface area contributed by atoms with Gasteiger partial charge in [-0.3, -0.25) is 19.1 Å². The highest BCUT2D eigenvalue weighted by Gasteiger charge is 2.53. The summed E-state index contributed by atoms with van der Waals surface area (Å²) in [5.41, 5.74) is -0.471. The summed E-state index contributed by atoms with van der Waals surface area (Å²) in [6, 6.07) is 0. The lowest BCUT2D eigenvalue weighted by Crippen LogP contribution is -2.50. The Morgan fingerprint density at radius 3 is 2.59 bits per heavy atom. The van der Waals surface area contributed by atoms with Gasteiger partial charge in [-0.25, -0.2) is 4.79 Å². The van der Waals surface area contributed by atoms with Crippen molar-refractivity contribution >= 4 is 26.0 Å². The minimum absolute atomic E-state index is 0.00360. The molecule has 0 bridgehead atoms. The summed E-state index contributed by atoms with van der Waals surface area (Å²) < 4.78 is 12.5. The molecule has 1 aromatic rings. The van der Waals surface area contributed by atoms with Crippen molar-refractivity contribution in [3.05, 3.63) is 32.6 Å². The van der Waals surface area contributed by atoms with E-state index in [0.29, 0.717) is 12.0 Å². The van der Waals surface area contributed by atoms with Crippen LogP contribution in [0.25, 0.3) is 0 Å². The highest BCUT2D eigenvalue weighted by molar-refractivity contribution is 8.01. The van der Waals surface area contributed by atoms with Crippen LogP contribution in [-0.4, -0.2) is 41.3 Å². The Kier molecular flexibility index (Phi) is 6.62. The van der Waals surface area contributed by atoms with Crippen molar-refractivity contribution in [2.75, 3.05) is 6.61 Å². The molecule has 0 amide bonds. The average molecular weight is 439 g/mol. The van der Waals surface area contributed by atoms with Gasteiger partial charge in [0.2, 0.25) is 0 Å². The molecule has 2 heterocycles. The molecular formula is C20H30N2O5SSi. The molecule has 1 aliphatic heterocycles. The molecule has 1 aliphatic rings. The van der Waals surface area contributed by atoms with Crippen LogP contribution < -0.4 is 11.2 Å². The van der Waals surface area contributed by atoms with E-state index in [1.165, 1.54) is 23.3 Å². The summed E-state index contributed by atoms with van der Waals surface area (Å²) in [6.07, 6.45) is 7.54. The lowest BCUT2D eigenvalue weighted by Gasteiger charge is -2.41. The number of aromatic amines is 1. The average Bonchev–Trinajstić information content (AvgIpc) is 2.93. The molecule has 9 heteroatoms. The summed E-state index contributed by atoms with van der Waals surface area (Å²) in [7, 11) is -2.19. The van der Waals surface area contributed by atoms with E-state index >= 15 is 0 Å². The molecule has 7 nitrogen and oxygen atoms in total. The normalized spacial score (nSPS) is 24.9. The second-order valence-electron chi connectivity index (χ2n) is 8.97. The fourth-order valence-electron chi connectivity index (χ4n) is 2.89. The predicted molar refractivity (Wildman–Crippen MR) is 118 cm³/mol. The van der Waals surface area contributed by atoms with Crippen molar-refractivity contribution < 1.29 is 14.0 Å². The summed E-state index contributed by atoms with van der Waals surface area (Å²) in [6.45, 7) is 13.7. The van der Waals surface area contributed by atoms with Gasteiger partial charge in [0.25, 0.3) is 5.56 Å². The Balaban J connectivity index is 2.47. The number of ether oxygens (including phenoxy) is 1. The molecule has 29 heavy (non-hydrogen) atoms. The minimum atomic E-state index is -2.19. The number of aryl methyl sites for hydroxylation is 1. The third-order valence-corrected chi connectivity index (χ3v) is 11.8. The Morgan fingerprint density at radius 1 is 1.45 bits per heavy atom. The Morgan fingerprint density at radius 2 is 2.07 bits per heavy atom. The summed E-state index contributed by atoms with van der Waals surface area (Å²) in [5.74, 6) is 2.37. The van der Waals surface area contributed by atoms with E-state index in [1.807, 2.05) is 0 Å². The molecule has 2 rings (SSSR count). The van der Waals surface area contributed by atoms with Crippen LogP contribution in [0.3, 0.4) is 0 Å². The lowest BCUT2D eigenvalue weighted by molar-refractivity contribution is -0.141. The second kappa shape index (κ2) is 8.17. The Labute approximate surface area is 176 Å². The number of thioether (sulfide) groups is 1. The molecule has 0 spiro atoms. The molecule has 1 fully saturated rings. The van der Waals surface area contributed by atoms with Gasteiger partial charge in [-0.1, -0.05) is 26.7 Å². The number of carbonyl (C=O) groups excluding carboxylic acids is 1. The summed E-state index contributed by atoms with van der Waals surface area (Å²) in [5, 5.41) is -0.387. The molecule has 0 radical (unpaired) electrons. The molecule has 1 saturated heterocycles. The van der Waals surface area contributed by atoms with E-state index in [1.54, 1.807) is 13.1 Å².